The zero-order chi connectivity index (χ0) is 10.4. The van der Waals surface area contributed by atoms with Gasteiger partial charge in [-0.3, -0.25) is 0 Å². The first kappa shape index (κ1) is 11.3. The van der Waals surface area contributed by atoms with Gasteiger partial charge in [-0.15, -0.1) is 0 Å². The smallest absolute Gasteiger partial charge is 0.238 e. The van der Waals surface area contributed by atoms with Crippen molar-refractivity contribution in [1.82, 2.24) is 25.1 Å². The van der Waals surface area contributed by atoms with Crippen LogP contribution in [0.3, 0.4) is 0 Å². The number of hydrogen-bond acceptors (Lipinski definition) is 4. The maximum absolute atomic E-state index is 4.98. The number of aromatic nitrogens is 4. The van der Waals surface area contributed by atoms with E-state index in [4.69, 9.17) is 12.2 Å². The fourth-order valence-electron chi connectivity index (χ4n) is 1.35. The number of tetrazole rings is 1. The third kappa shape index (κ3) is 3.19. The summed E-state index contributed by atoms with van der Waals surface area (Å²) in [7, 11) is 0. The molecule has 0 radical (unpaired) electrons. The van der Waals surface area contributed by atoms with E-state index in [1.807, 2.05) is 0 Å². The van der Waals surface area contributed by atoms with Crippen LogP contribution in [0.4, 0.5) is 0 Å². The van der Waals surface area contributed by atoms with Crippen molar-refractivity contribution in [3.8, 4) is 0 Å². The molecule has 0 saturated carbocycles. The predicted octanol–water partition coefficient (Wildman–Crippen LogP) is 1.07. The molecule has 0 atom stereocenters. The Balaban J connectivity index is 2.39. The highest BCUT2D eigenvalue weighted by Crippen LogP contribution is 1.92. The van der Waals surface area contributed by atoms with E-state index in [-0.39, 0.29) is 0 Å². The number of H-pyrrole nitrogens is 1. The first-order chi connectivity index (χ1) is 6.77. The molecule has 1 heterocycles. The Hall–Kier alpha value is -0.750. The van der Waals surface area contributed by atoms with E-state index in [0.717, 1.165) is 26.2 Å². The highest BCUT2D eigenvalue weighted by atomic mass is 32.1. The first-order valence-corrected chi connectivity index (χ1v) is 5.39. The molecule has 0 aliphatic rings. The van der Waals surface area contributed by atoms with Gasteiger partial charge in [-0.05, 0) is 31.7 Å². The van der Waals surface area contributed by atoms with E-state index < -0.39 is 0 Å². The van der Waals surface area contributed by atoms with Gasteiger partial charge in [0, 0.05) is 6.54 Å². The van der Waals surface area contributed by atoms with Gasteiger partial charge in [0.15, 0.2) is 0 Å². The van der Waals surface area contributed by atoms with Crippen LogP contribution in [0, 0.1) is 4.77 Å². The average Bonchev–Trinajstić information content (AvgIpc) is 2.59. The van der Waals surface area contributed by atoms with Crippen molar-refractivity contribution in [2.75, 3.05) is 19.6 Å². The highest BCUT2D eigenvalue weighted by molar-refractivity contribution is 7.71. The van der Waals surface area contributed by atoms with Crippen molar-refractivity contribution in [1.29, 1.82) is 0 Å². The first-order valence-electron chi connectivity index (χ1n) is 4.98. The summed E-state index contributed by atoms with van der Waals surface area (Å²) >= 11 is 4.98. The van der Waals surface area contributed by atoms with Gasteiger partial charge in [0.25, 0.3) is 0 Å². The summed E-state index contributed by atoms with van der Waals surface area (Å²) in [6, 6.07) is 0. The van der Waals surface area contributed by atoms with Crippen LogP contribution in [0.15, 0.2) is 0 Å². The number of hydrogen-bond donors (Lipinski definition) is 1. The predicted molar refractivity (Wildman–Crippen MR) is 57.6 cm³/mol. The SMILES string of the molecule is CCCN(CC)CCn1[nH]nnc1=S. The molecular formula is C8H17N5S. The molecule has 14 heavy (non-hydrogen) atoms. The summed E-state index contributed by atoms with van der Waals surface area (Å²) < 4.78 is 2.31. The van der Waals surface area contributed by atoms with Gasteiger partial charge in [-0.25, -0.2) is 4.68 Å². The molecule has 0 fully saturated rings. The third-order valence-electron chi connectivity index (χ3n) is 2.16. The van der Waals surface area contributed by atoms with Crippen LogP contribution in [0.5, 0.6) is 0 Å². The topological polar surface area (TPSA) is 49.7 Å². The molecular weight excluding hydrogens is 198 g/mol. The molecule has 0 bridgehead atoms. The van der Waals surface area contributed by atoms with Gasteiger partial charge >= 0.3 is 0 Å². The molecule has 5 nitrogen and oxygen atoms in total. The number of aromatic amines is 1. The monoisotopic (exact) mass is 215 g/mol. The molecule has 0 unspecified atom stereocenters. The van der Waals surface area contributed by atoms with E-state index in [1.54, 1.807) is 4.68 Å². The quantitative estimate of drug-likeness (QED) is 0.721. The molecule has 0 aliphatic carbocycles. The molecule has 0 amide bonds. The maximum Gasteiger partial charge on any atom is 0.238 e. The molecule has 1 rings (SSSR count). The summed E-state index contributed by atoms with van der Waals surface area (Å²) in [5, 5.41) is 10.1. The van der Waals surface area contributed by atoms with Crippen molar-refractivity contribution in [3.63, 3.8) is 0 Å². The Bertz CT molecular complexity index is 305. The van der Waals surface area contributed by atoms with Gasteiger partial charge in [-0.1, -0.05) is 24.2 Å². The van der Waals surface area contributed by atoms with Crippen molar-refractivity contribution in [3.05, 3.63) is 4.77 Å². The van der Waals surface area contributed by atoms with E-state index in [0.29, 0.717) is 4.77 Å². The Morgan fingerprint density at radius 1 is 1.43 bits per heavy atom. The number of likely N-dealkylation sites (N-methyl/N-ethyl adjacent to an activating group) is 1. The minimum Gasteiger partial charge on any atom is -0.302 e. The number of nitrogens with zero attached hydrogens (tertiary/aromatic N) is 4. The zero-order valence-corrected chi connectivity index (χ0v) is 9.55. The third-order valence-corrected chi connectivity index (χ3v) is 2.46. The van der Waals surface area contributed by atoms with Crippen LogP contribution in [-0.2, 0) is 6.54 Å². The van der Waals surface area contributed by atoms with E-state index in [2.05, 4.69) is 34.3 Å². The van der Waals surface area contributed by atoms with Gasteiger partial charge in [-0.2, -0.15) is 5.21 Å². The molecule has 80 valence electrons. The summed E-state index contributed by atoms with van der Waals surface area (Å²) in [6.07, 6.45) is 1.18. The lowest BCUT2D eigenvalue weighted by Gasteiger charge is -2.18. The molecule has 0 saturated heterocycles. The zero-order valence-electron chi connectivity index (χ0n) is 8.73. The van der Waals surface area contributed by atoms with Crippen molar-refractivity contribution >= 4 is 12.2 Å². The second-order valence-corrected chi connectivity index (χ2v) is 3.53. The molecule has 0 aliphatic heterocycles. The molecule has 1 aromatic rings. The largest absolute Gasteiger partial charge is 0.302 e. The van der Waals surface area contributed by atoms with Gasteiger partial charge in [0.2, 0.25) is 4.77 Å². The minimum absolute atomic E-state index is 0.526. The molecule has 1 aromatic heterocycles. The van der Waals surface area contributed by atoms with Crippen molar-refractivity contribution in [2.45, 2.75) is 26.8 Å². The van der Waals surface area contributed by atoms with E-state index in [1.165, 1.54) is 6.42 Å². The van der Waals surface area contributed by atoms with Gasteiger partial charge < -0.3 is 4.90 Å². The lowest BCUT2D eigenvalue weighted by atomic mass is 10.4. The lowest BCUT2D eigenvalue weighted by molar-refractivity contribution is 0.270. The van der Waals surface area contributed by atoms with Crippen LogP contribution >= 0.6 is 12.2 Å². The van der Waals surface area contributed by atoms with Crippen LogP contribution in [0.1, 0.15) is 20.3 Å². The van der Waals surface area contributed by atoms with Gasteiger partial charge in [0.1, 0.15) is 0 Å². The average molecular weight is 215 g/mol. The van der Waals surface area contributed by atoms with Crippen molar-refractivity contribution in [2.24, 2.45) is 0 Å². The fourth-order valence-corrected chi connectivity index (χ4v) is 1.52. The Morgan fingerprint density at radius 3 is 2.71 bits per heavy atom. The lowest BCUT2D eigenvalue weighted by Crippen LogP contribution is -2.28. The molecule has 6 heteroatoms. The summed E-state index contributed by atoms with van der Waals surface area (Å²) in [4.78, 5) is 2.38. The van der Waals surface area contributed by atoms with Crippen LogP contribution in [-0.4, -0.2) is 44.7 Å². The Labute approximate surface area is 89.1 Å². The second kappa shape index (κ2) is 5.87. The summed E-state index contributed by atoms with van der Waals surface area (Å²) in [5.41, 5.74) is 0. The molecule has 1 N–H and O–H groups in total. The van der Waals surface area contributed by atoms with E-state index >= 15 is 0 Å². The van der Waals surface area contributed by atoms with E-state index in [9.17, 15) is 0 Å². The fraction of sp³-hybridized carbons (Fsp3) is 0.875. The normalized spacial score (nSPS) is 11.1. The second-order valence-electron chi connectivity index (χ2n) is 3.17. The highest BCUT2D eigenvalue weighted by Gasteiger charge is 2.01. The summed E-state index contributed by atoms with van der Waals surface area (Å²) in [5.74, 6) is 0. The number of nitrogens with one attached hydrogen (secondary N) is 1. The minimum atomic E-state index is 0.526. The standard InChI is InChI=1S/C8H17N5S/c1-3-5-12(4-2)6-7-13-8(14)9-10-11-13/h3-7H2,1-2H3,(H,9,11,14). The summed E-state index contributed by atoms with van der Waals surface area (Å²) in [6.45, 7) is 8.38. The van der Waals surface area contributed by atoms with Crippen molar-refractivity contribution < 1.29 is 0 Å². The van der Waals surface area contributed by atoms with Gasteiger partial charge in [0.05, 0.1) is 6.54 Å². The Kier molecular flexibility index (Phi) is 4.75. The Morgan fingerprint density at radius 2 is 2.21 bits per heavy atom. The van der Waals surface area contributed by atoms with Crippen LogP contribution < -0.4 is 0 Å². The number of rotatable bonds is 6. The maximum atomic E-state index is 4.98. The van der Waals surface area contributed by atoms with Crippen LogP contribution in [0.2, 0.25) is 0 Å². The molecule has 0 spiro atoms. The molecule has 0 aromatic carbocycles. The van der Waals surface area contributed by atoms with Crippen LogP contribution in [0.25, 0.3) is 0 Å².